The van der Waals surface area contributed by atoms with Gasteiger partial charge in [0.15, 0.2) is 0 Å². The highest BCUT2D eigenvalue weighted by molar-refractivity contribution is 5.80. The Bertz CT molecular complexity index is 507. The molecule has 0 saturated carbocycles. The smallest absolute Gasteiger partial charge is 0.405 e. The van der Waals surface area contributed by atoms with Crippen LogP contribution in [0.4, 0.5) is 13.2 Å². The van der Waals surface area contributed by atoms with Gasteiger partial charge in [0.1, 0.15) is 5.75 Å². The molecule has 1 aromatic heterocycles. The lowest BCUT2D eigenvalue weighted by atomic mass is 10.1. The van der Waals surface area contributed by atoms with E-state index in [1.165, 1.54) is 12.4 Å². The molecule has 86 valence electrons. The Morgan fingerprint density at radius 2 is 2.12 bits per heavy atom. The van der Waals surface area contributed by atoms with Crippen molar-refractivity contribution in [3.63, 3.8) is 0 Å². The average Bonchev–Trinajstić information content (AvgIpc) is 2.62. The average molecular weight is 232 g/mol. The van der Waals surface area contributed by atoms with Crippen molar-refractivity contribution in [3.8, 4) is 5.75 Å². The van der Waals surface area contributed by atoms with Gasteiger partial charge in [-0.1, -0.05) is 0 Å². The van der Waals surface area contributed by atoms with Crippen molar-refractivity contribution < 1.29 is 23.0 Å². The molecule has 1 heterocycles. The fraction of sp³-hybridized carbons (Fsp3) is 0.222. The quantitative estimate of drug-likeness (QED) is 0.832. The van der Waals surface area contributed by atoms with Crippen LogP contribution in [0.3, 0.4) is 0 Å². The molecule has 0 atom stereocenters. The zero-order valence-electron chi connectivity index (χ0n) is 7.88. The van der Waals surface area contributed by atoms with Crippen LogP contribution in [0.25, 0.3) is 11.0 Å². The fourth-order valence-corrected chi connectivity index (χ4v) is 1.42. The minimum absolute atomic E-state index is 0.0103. The fourth-order valence-electron chi connectivity index (χ4n) is 1.42. The first-order valence-corrected chi connectivity index (χ1v) is 4.33. The van der Waals surface area contributed by atoms with E-state index in [0.29, 0.717) is 5.52 Å². The number of fused-ring (bicyclic) bond motifs is 1. The van der Waals surface area contributed by atoms with Gasteiger partial charge in [0.2, 0.25) is 0 Å². The SMILES string of the molecule is OCc1c(OC(F)(F)F)ccc2[nH]cnc12. The summed E-state index contributed by atoms with van der Waals surface area (Å²) in [4.78, 5) is 6.54. The Balaban J connectivity index is 2.52. The van der Waals surface area contributed by atoms with Gasteiger partial charge in [-0.15, -0.1) is 13.2 Å². The Hall–Kier alpha value is -1.76. The number of aromatic nitrogens is 2. The van der Waals surface area contributed by atoms with E-state index in [1.807, 2.05) is 0 Å². The van der Waals surface area contributed by atoms with E-state index in [9.17, 15) is 13.2 Å². The van der Waals surface area contributed by atoms with Gasteiger partial charge in [-0.25, -0.2) is 4.98 Å². The molecule has 0 radical (unpaired) electrons. The van der Waals surface area contributed by atoms with Gasteiger partial charge >= 0.3 is 6.36 Å². The van der Waals surface area contributed by atoms with Crippen molar-refractivity contribution in [2.75, 3.05) is 0 Å². The molecule has 2 aromatic rings. The van der Waals surface area contributed by atoms with Crippen LogP contribution in [0.15, 0.2) is 18.5 Å². The minimum Gasteiger partial charge on any atom is -0.405 e. The lowest BCUT2D eigenvalue weighted by Gasteiger charge is -2.12. The highest BCUT2D eigenvalue weighted by atomic mass is 19.4. The number of alkyl halides is 3. The minimum atomic E-state index is -4.78. The number of aliphatic hydroxyl groups excluding tert-OH is 1. The van der Waals surface area contributed by atoms with E-state index in [2.05, 4.69) is 14.7 Å². The summed E-state index contributed by atoms with van der Waals surface area (Å²) in [5.74, 6) is -0.436. The number of rotatable bonds is 2. The van der Waals surface area contributed by atoms with Crippen molar-refractivity contribution in [1.29, 1.82) is 0 Å². The number of nitrogens with one attached hydrogen (secondary N) is 1. The Labute approximate surface area is 87.7 Å². The van der Waals surface area contributed by atoms with Gasteiger partial charge in [0.25, 0.3) is 0 Å². The number of hydrogen-bond acceptors (Lipinski definition) is 3. The molecule has 2 N–H and O–H groups in total. The molecule has 0 unspecified atom stereocenters. The molecule has 0 bridgehead atoms. The van der Waals surface area contributed by atoms with Crippen LogP contribution in [0.1, 0.15) is 5.56 Å². The molecule has 4 nitrogen and oxygen atoms in total. The predicted molar refractivity (Wildman–Crippen MR) is 48.7 cm³/mol. The second-order valence-corrected chi connectivity index (χ2v) is 3.05. The highest BCUT2D eigenvalue weighted by Crippen LogP contribution is 2.30. The zero-order chi connectivity index (χ0) is 11.8. The van der Waals surface area contributed by atoms with Gasteiger partial charge in [-0.2, -0.15) is 0 Å². The van der Waals surface area contributed by atoms with Gasteiger partial charge in [0, 0.05) is 5.56 Å². The number of hydrogen-bond donors (Lipinski definition) is 2. The van der Waals surface area contributed by atoms with Crippen molar-refractivity contribution in [1.82, 2.24) is 9.97 Å². The summed E-state index contributed by atoms with van der Waals surface area (Å²) >= 11 is 0. The Kier molecular flexibility index (Phi) is 2.47. The molecule has 0 spiro atoms. The van der Waals surface area contributed by atoms with Crippen LogP contribution >= 0.6 is 0 Å². The van der Waals surface area contributed by atoms with E-state index in [-0.39, 0.29) is 11.1 Å². The molecule has 2 rings (SSSR count). The number of aliphatic hydroxyl groups is 1. The molecular weight excluding hydrogens is 225 g/mol. The first kappa shape index (κ1) is 10.7. The van der Waals surface area contributed by atoms with Crippen LogP contribution in [-0.2, 0) is 6.61 Å². The maximum absolute atomic E-state index is 12.1. The molecule has 0 aliphatic heterocycles. The number of nitrogens with zero attached hydrogens (tertiary/aromatic N) is 1. The molecule has 0 aliphatic carbocycles. The summed E-state index contributed by atoms with van der Waals surface area (Å²) in [7, 11) is 0. The first-order chi connectivity index (χ1) is 7.51. The third-order valence-corrected chi connectivity index (χ3v) is 2.04. The summed E-state index contributed by atoms with van der Waals surface area (Å²) in [6.07, 6.45) is -3.45. The summed E-state index contributed by atoms with van der Waals surface area (Å²) in [5, 5.41) is 9.03. The standard InChI is InChI=1S/C9H7F3N2O2/c10-9(11,12)16-7-2-1-6-8(5(7)3-15)14-4-13-6/h1-2,4,15H,3H2,(H,13,14). The van der Waals surface area contributed by atoms with E-state index in [1.54, 1.807) is 0 Å². The third kappa shape index (κ3) is 1.94. The molecular formula is C9H7F3N2O2. The summed E-state index contributed by atoms with van der Waals surface area (Å²) in [5.41, 5.74) is 0.818. The Morgan fingerprint density at radius 1 is 1.38 bits per heavy atom. The van der Waals surface area contributed by atoms with E-state index in [4.69, 9.17) is 5.11 Å². The van der Waals surface area contributed by atoms with E-state index in [0.717, 1.165) is 6.07 Å². The highest BCUT2D eigenvalue weighted by Gasteiger charge is 2.32. The van der Waals surface area contributed by atoms with Crippen molar-refractivity contribution in [2.45, 2.75) is 13.0 Å². The number of H-pyrrole nitrogens is 1. The normalized spacial score (nSPS) is 12.0. The van der Waals surface area contributed by atoms with Crippen LogP contribution in [-0.4, -0.2) is 21.4 Å². The molecule has 7 heteroatoms. The lowest BCUT2D eigenvalue weighted by molar-refractivity contribution is -0.275. The molecule has 0 aliphatic rings. The van der Waals surface area contributed by atoms with Crippen LogP contribution in [0, 0.1) is 0 Å². The number of benzene rings is 1. The monoisotopic (exact) mass is 232 g/mol. The van der Waals surface area contributed by atoms with Crippen molar-refractivity contribution in [2.24, 2.45) is 0 Å². The van der Waals surface area contributed by atoms with Gasteiger partial charge < -0.3 is 14.8 Å². The van der Waals surface area contributed by atoms with E-state index < -0.39 is 18.7 Å². The largest absolute Gasteiger partial charge is 0.573 e. The molecule has 0 amide bonds. The predicted octanol–water partition coefficient (Wildman–Crippen LogP) is 1.95. The van der Waals surface area contributed by atoms with Crippen molar-refractivity contribution >= 4 is 11.0 Å². The van der Waals surface area contributed by atoms with Crippen LogP contribution in [0.2, 0.25) is 0 Å². The van der Waals surface area contributed by atoms with Gasteiger partial charge in [-0.05, 0) is 12.1 Å². The lowest BCUT2D eigenvalue weighted by Crippen LogP contribution is -2.18. The number of ether oxygens (including phenoxy) is 1. The second kappa shape index (κ2) is 3.67. The third-order valence-electron chi connectivity index (χ3n) is 2.04. The molecule has 16 heavy (non-hydrogen) atoms. The zero-order valence-corrected chi connectivity index (χ0v) is 7.88. The Morgan fingerprint density at radius 3 is 2.75 bits per heavy atom. The summed E-state index contributed by atoms with van der Waals surface area (Å²) < 4.78 is 39.9. The summed E-state index contributed by atoms with van der Waals surface area (Å²) in [6.45, 7) is -0.576. The van der Waals surface area contributed by atoms with E-state index >= 15 is 0 Å². The number of halogens is 3. The second-order valence-electron chi connectivity index (χ2n) is 3.05. The molecule has 1 aromatic carbocycles. The van der Waals surface area contributed by atoms with Crippen LogP contribution in [0.5, 0.6) is 5.75 Å². The molecule has 0 fully saturated rings. The maximum Gasteiger partial charge on any atom is 0.573 e. The first-order valence-electron chi connectivity index (χ1n) is 4.33. The number of aromatic amines is 1. The molecule has 0 saturated heterocycles. The topological polar surface area (TPSA) is 58.1 Å². The van der Waals surface area contributed by atoms with Gasteiger partial charge in [-0.3, -0.25) is 0 Å². The summed E-state index contributed by atoms with van der Waals surface area (Å²) in [6, 6.07) is 2.54. The van der Waals surface area contributed by atoms with Crippen LogP contribution < -0.4 is 4.74 Å². The van der Waals surface area contributed by atoms with Gasteiger partial charge in [0.05, 0.1) is 24.0 Å². The maximum atomic E-state index is 12.1. The van der Waals surface area contributed by atoms with Crippen molar-refractivity contribution in [3.05, 3.63) is 24.0 Å². The number of imidazole rings is 1.